The number of imidazole rings is 1. The van der Waals surface area contributed by atoms with E-state index in [1.54, 1.807) is 0 Å². The zero-order valence-electron chi connectivity index (χ0n) is 27.6. The Bertz CT molecular complexity index is 2650. The molecular weight excluding hydrogens is 605 g/mol. The van der Waals surface area contributed by atoms with Gasteiger partial charge < -0.3 is 0 Å². The maximum absolute atomic E-state index is 5.16. The number of fused-ring (bicyclic) bond motifs is 4. The van der Waals surface area contributed by atoms with Crippen molar-refractivity contribution in [2.75, 3.05) is 0 Å². The highest BCUT2D eigenvalue weighted by molar-refractivity contribution is 6.23. The molecule has 1 aromatic heterocycles. The van der Waals surface area contributed by atoms with Crippen LogP contribution in [0.2, 0.25) is 0 Å². The first-order valence-corrected chi connectivity index (χ1v) is 17.2. The summed E-state index contributed by atoms with van der Waals surface area (Å²) in [6, 6.07) is 63.7. The van der Waals surface area contributed by atoms with Crippen molar-refractivity contribution >= 4 is 21.8 Å². The van der Waals surface area contributed by atoms with E-state index < -0.39 is 0 Å². The summed E-state index contributed by atoms with van der Waals surface area (Å²) < 4.78 is 2.27. The second-order valence-corrected chi connectivity index (χ2v) is 13.2. The number of para-hydroxylation sites is 1. The van der Waals surface area contributed by atoms with E-state index in [9.17, 15) is 0 Å². The molecule has 0 unspecified atom stereocenters. The lowest BCUT2D eigenvalue weighted by molar-refractivity contribution is 1.10. The van der Waals surface area contributed by atoms with Crippen molar-refractivity contribution in [1.29, 1.82) is 0 Å². The predicted molar refractivity (Wildman–Crippen MR) is 209 cm³/mol. The van der Waals surface area contributed by atoms with Gasteiger partial charge in [-0.3, -0.25) is 4.57 Å². The topological polar surface area (TPSA) is 17.8 Å². The van der Waals surface area contributed by atoms with Crippen molar-refractivity contribution in [1.82, 2.24) is 9.55 Å². The first-order valence-electron chi connectivity index (χ1n) is 17.2. The van der Waals surface area contributed by atoms with Gasteiger partial charge >= 0.3 is 0 Å². The lowest BCUT2D eigenvalue weighted by Crippen LogP contribution is -1.97. The van der Waals surface area contributed by atoms with Crippen LogP contribution in [0.15, 0.2) is 176 Å². The molecule has 0 atom stereocenters. The summed E-state index contributed by atoms with van der Waals surface area (Å²) in [5.41, 5.74) is 18.2. The molecule has 1 aliphatic rings. The fraction of sp³-hybridized carbons (Fsp3) is 0.0208. The van der Waals surface area contributed by atoms with Crippen LogP contribution in [0.4, 0.5) is 0 Å². The third-order valence-electron chi connectivity index (χ3n) is 10.2. The minimum absolute atomic E-state index is 0.945. The van der Waals surface area contributed by atoms with Crippen LogP contribution in [0, 0.1) is 6.92 Å². The van der Waals surface area contributed by atoms with Gasteiger partial charge in [0.25, 0.3) is 0 Å². The van der Waals surface area contributed by atoms with Crippen molar-refractivity contribution in [3.63, 3.8) is 0 Å². The van der Waals surface area contributed by atoms with Gasteiger partial charge in [0.05, 0.1) is 11.0 Å². The second-order valence-electron chi connectivity index (χ2n) is 13.2. The Labute approximate surface area is 291 Å². The van der Waals surface area contributed by atoms with Gasteiger partial charge in [0.1, 0.15) is 5.82 Å². The first kappa shape index (κ1) is 28.5. The van der Waals surface area contributed by atoms with Gasteiger partial charge in [0.15, 0.2) is 0 Å². The molecule has 50 heavy (non-hydrogen) atoms. The van der Waals surface area contributed by atoms with Crippen LogP contribution >= 0.6 is 0 Å². The van der Waals surface area contributed by atoms with Gasteiger partial charge in [0, 0.05) is 11.3 Å². The van der Waals surface area contributed by atoms with Crippen molar-refractivity contribution in [3.8, 4) is 72.7 Å². The minimum Gasteiger partial charge on any atom is -0.292 e. The molecule has 0 fully saturated rings. The maximum atomic E-state index is 5.16. The summed E-state index contributed by atoms with van der Waals surface area (Å²) in [5, 5.41) is 2.60. The third kappa shape index (κ3) is 4.39. The maximum Gasteiger partial charge on any atom is 0.145 e. The van der Waals surface area contributed by atoms with Crippen LogP contribution in [0.3, 0.4) is 0 Å². The van der Waals surface area contributed by atoms with E-state index in [2.05, 4.69) is 187 Å². The zero-order valence-corrected chi connectivity index (χ0v) is 27.6. The Morgan fingerprint density at radius 2 is 0.960 bits per heavy atom. The van der Waals surface area contributed by atoms with Gasteiger partial charge in [-0.2, -0.15) is 0 Å². The van der Waals surface area contributed by atoms with Gasteiger partial charge in [-0.25, -0.2) is 4.98 Å². The molecule has 10 rings (SSSR count). The largest absolute Gasteiger partial charge is 0.292 e. The van der Waals surface area contributed by atoms with Crippen molar-refractivity contribution in [3.05, 3.63) is 181 Å². The Hall–Kier alpha value is -6.51. The fourth-order valence-electron chi connectivity index (χ4n) is 7.98. The van der Waals surface area contributed by atoms with Crippen molar-refractivity contribution < 1.29 is 0 Å². The van der Waals surface area contributed by atoms with E-state index in [4.69, 9.17) is 4.98 Å². The van der Waals surface area contributed by atoms with Gasteiger partial charge in [-0.15, -0.1) is 0 Å². The highest BCUT2D eigenvalue weighted by Crippen LogP contribution is 2.55. The molecule has 1 aliphatic carbocycles. The quantitative estimate of drug-likeness (QED) is 0.184. The summed E-state index contributed by atoms with van der Waals surface area (Å²) in [4.78, 5) is 5.16. The van der Waals surface area contributed by atoms with E-state index in [0.717, 1.165) is 28.1 Å². The van der Waals surface area contributed by atoms with Crippen LogP contribution in [0.5, 0.6) is 0 Å². The molecule has 0 bridgehead atoms. The molecular formula is C48H32N2. The van der Waals surface area contributed by atoms with Crippen molar-refractivity contribution in [2.24, 2.45) is 0 Å². The molecule has 0 spiro atoms. The van der Waals surface area contributed by atoms with Crippen LogP contribution in [-0.4, -0.2) is 9.55 Å². The highest BCUT2D eigenvalue weighted by atomic mass is 15.1. The Balaban J connectivity index is 1.14. The molecule has 0 saturated carbocycles. The van der Waals surface area contributed by atoms with Gasteiger partial charge in [-0.1, -0.05) is 152 Å². The molecule has 0 amide bonds. The number of hydrogen-bond acceptors (Lipinski definition) is 1. The second kappa shape index (κ2) is 11.3. The summed E-state index contributed by atoms with van der Waals surface area (Å²) in [6.07, 6.45) is 0. The summed E-state index contributed by atoms with van der Waals surface area (Å²) in [6.45, 7) is 2.12. The summed E-state index contributed by atoms with van der Waals surface area (Å²) in [7, 11) is 0. The Kier molecular flexibility index (Phi) is 6.43. The SMILES string of the molecule is Cc1ccc2c(c1)nc(-c1ccc(-c3ccc4c5c(cccc35)-c3c(-c5ccccc5)ccc(-c5ccccc5)c3-4)cc1)n2-c1ccccc1. The molecule has 234 valence electrons. The lowest BCUT2D eigenvalue weighted by Gasteiger charge is -2.15. The number of benzene rings is 8. The summed E-state index contributed by atoms with van der Waals surface area (Å²) >= 11 is 0. The third-order valence-corrected chi connectivity index (χ3v) is 10.2. The van der Waals surface area contributed by atoms with Gasteiger partial charge in [0.2, 0.25) is 0 Å². The number of rotatable bonds is 5. The monoisotopic (exact) mass is 636 g/mol. The molecule has 0 aliphatic heterocycles. The number of nitrogens with zero attached hydrogens (tertiary/aromatic N) is 2. The molecule has 0 saturated heterocycles. The number of aromatic nitrogens is 2. The average Bonchev–Trinajstić information content (AvgIpc) is 3.73. The van der Waals surface area contributed by atoms with Crippen molar-refractivity contribution in [2.45, 2.75) is 6.92 Å². The van der Waals surface area contributed by atoms with E-state index >= 15 is 0 Å². The molecule has 2 heteroatoms. The molecule has 0 radical (unpaired) electrons. The normalized spacial score (nSPS) is 11.7. The number of hydrogen-bond donors (Lipinski definition) is 0. The smallest absolute Gasteiger partial charge is 0.145 e. The van der Waals surface area contributed by atoms with E-state index in [-0.39, 0.29) is 0 Å². The number of aryl methyl sites for hydroxylation is 1. The van der Waals surface area contributed by atoms with E-state index in [1.807, 2.05) is 0 Å². The van der Waals surface area contributed by atoms with E-state index in [1.165, 1.54) is 72.0 Å². The Morgan fingerprint density at radius 3 is 1.62 bits per heavy atom. The van der Waals surface area contributed by atoms with Crippen LogP contribution < -0.4 is 0 Å². The highest BCUT2D eigenvalue weighted by Gasteiger charge is 2.28. The minimum atomic E-state index is 0.945. The first-order chi connectivity index (χ1) is 24.7. The van der Waals surface area contributed by atoms with E-state index in [0.29, 0.717) is 0 Å². The average molecular weight is 637 g/mol. The van der Waals surface area contributed by atoms with Crippen LogP contribution in [-0.2, 0) is 0 Å². The molecule has 2 nitrogen and oxygen atoms in total. The Morgan fingerprint density at radius 1 is 0.420 bits per heavy atom. The molecule has 0 N–H and O–H groups in total. The standard InChI is InChI=1S/C48H32N2/c1-31-20-29-44-43(30-31)49-48(50(44)36-16-9-4-10-17-36)35-23-21-34(22-24-35)37-25-28-42-45-40(37)18-11-19-41(45)46-38(32-12-5-2-6-13-32)26-27-39(47(42)46)33-14-7-3-8-15-33/h2-30H,1H3. The predicted octanol–water partition coefficient (Wildman–Crippen LogP) is 12.8. The van der Waals surface area contributed by atoms with Gasteiger partial charge in [-0.05, 0) is 103 Å². The molecule has 9 aromatic rings. The molecule has 8 aromatic carbocycles. The van der Waals surface area contributed by atoms with Crippen LogP contribution in [0.25, 0.3) is 94.5 Å². The summed E-state index contributed by atoms with van der Waals surface area (Å²) in [5.74, 6) is 0.945. The lowest BCUT2D eigenvalue weighted by atomic mass is 9.88. The fourth-order valence-corrected chi connectivity index (χ4v) is 7.98. The zero-order chi connectivity index (χ0) is 33.2. The molecule has 1 heterocycles. The van der Waals surface area contributed by atoms with Crippen LogP contribution in [0.1, 0.15) is 5.56 Å².